The minimum absolute atomic E-state index is 0.0329. The smallest absolute Gasteiger partial charge is 0.416 e. The summed E-state index contributed by atoms with van der Waals surface area (Å²) in [5.41, 5.74) is 0.219. The average Bonchev–Trinajstić information content (AvgIpc) is 3.87. The molecule has 15 nitrogen and oxygen atoms in total. The van der Waals surface area contributed by atoms with Gasteiger partial charge < -0.3 is 34.3 Å². The van der Waals surface area contributed by atoms with Crippen molar-refractivity contribution in [2.45, 2.75) is 45.0 Å². The van der Waals surface area contributed by atoms with Crippen LogP contribution in [0, 0.1) is 6.92 Å². The monoisotopic (exact) mass is 795 g/mol. The average molecular weight is 796 g/mol. The number of methoxy groups -OCH3 is 1. The van der Waals surface area contributed by atoms with Crippen LogP contribution < -0.4 is 15.8 Å². The number of anilines is 2. The topological polar surface area (TPSA) is 169 Å². The summed E-state index contributed by atoms with van der Waals surface area (Å²) in [6.07, 6.45) is -2.48. The Morgan fingerprint density at radius 2 is 1.82 bits per heavy atom. The van der Waals surface area contributed by atoms with Gasteiger partial charge in [0.2, 0.25) is 11.7 Å². The van der Waals surface area contributed by atoms with E-state index in [9.17, 15) is 32.7 Å². The van der Waals surface area contributed by atoms with Crippen molar-refractivity contribution in [2.24, 2.45) is 0 Å². The number of benzene rings is 2. The molecule has 2 aliphatic rings. The zero-order valence-electron chi connectivity index (χ0n) is 30.6. The highest BCUT2D eigenvalue weighted by Gasteiger charge is 2.37. The van der Waals surface area contributed by atoms with Crippen LogP contribution in [-0.2, 0) is 39.0 Å². The third-order valence-corrected chi connectivity index (χ3v) is 10.5. The maximum Gasteiger partial charge on any atom is 0.416 e. The molecular formula is C37H37ClF3N9O6. The number of aromatic nitrogens is 6. The second-order valence-corrected chi connectivity index (χ2v) is 13.8. The number of aryl methyl sites for hydroxylation is 1. The van der Waals surface area contributed by atoms with Crippen molar-refractivity contribution in [1.29, 1.82) is 0 Å². The number of nitrogens with zero attached hydrogens (tertiary/aromatic N) is 8. The highest BCUT2D eigenvalue weighted by molar-refractivity contribution is 6.33. The van der Waals surface area contributed by atoms with Crippen molar-refractivity contribution < 1.29 is 37.3 Å². The second-order valence-electron chi connectivity index (χ2n) is 13.4. The van der Waals surface area contributed by atoms with Gasteiger partial charge in [0.25, 0.3) is 11.5 Å². The van der Waals surface area contributed by atoms with Crippen LogP contribution in [0.2, 0.25) is 5.02 Å². The molecule has 294 valence electrons. The Morgan fingerprint density at radius 3 is 2.45 bits per heavy atom. The molecule has 19 heteroatoms. The summed E-state index contributed by atoms with van der Waals surface area (Å²) < 4.78 is 53.9. The van der Waals surface area contributed by atoms with E-state index < -0.39 is 41.3 Å². The number of halogens is 4. The molecule has 2 saturated heterocycles. The van der Waals surface area contributed by atoms with Crippen LogP contribution in [-0.4, -0.2) is 97.5 Å². The van der Waals surface area contributed by atoms with Gasteiger partial charge in [-0.1, -0.05) is 42.8 Å². The third kappa shape index (κ3) is 7.14. The van der Waals surface area contributed by atoms with E-state index in [1.165, 1.54) is 11.2 Å². The maximum absolute atomic E-state index is 14.4. The Bertz CT molecular complexity index is 2370. The van der Waals surface area contributed by atoms with E-state index in [1.54, 1.807) is 23.5 Å². The summed E-state index contributed by atoms with van der Waals surface area (Å²) in [6.45, 7) is 4.72. The lowest BCUT2D eigenvalue weighted by Crippen LogP contribution is -2.51. The molecule has 5 heterocycles. The van der Waals surface area contributed by atoms with E-state index in [1.807, 2.05) is 31.2 Å². The highest BCUT2D eigenvalue weighted by atomic mass is 35.5. The molecule has 0 bridgehead atoms. The molecule has 2 N–H and O–H groups in total. The summed E-state index contributed by atoms with van der Waals surface area (Å²) in [6, 6.07) is 10.0. The van der Waals surface area contributed by atoms with E-state index in [-0.39, 0.29) is 77.7 Å². The zero-order chi connectivity index (χ0) is 39.9. The van der Waals surface area contributed by atoms with Crippen LogP contribution in [0.1, 0.15) is 46.3 Å². The number of rotatable bonds is 9. The number of piperazine rings is 1. The molecule has 2 amide bonds. The van der Waals surface area contributed by atoms with Gasteiger partial charge in [-0.3, -0.25) is 14.4 Å². The fraction of sp³-hybridized carbons (Fsp3) is 0.378. The van der Waals surface area contributed by atoms with Gasteiger partial charge in [-0.15, -0.1) is 5.10 Å². The Kier molecular flexibility index (Phi) is 10.5. The molecule has 0 saturated carbocycles. The predicted octanol–water partition coefficient (Wildman–Crippen LogP) is 4.46. The summed E-state index contributed by atoms with van der Waals surface area (Å²) in [7, 11) is 1.63. The van der Waals surface area contributed by atoms with Crippen molar-refractivity contribution in [3.8, 4) is 17.1 Å². The number of nitrogens with one attached hydrogen (secondary N) is 1. The molecular weight excluding hydrogens is 759 g/mol. The van der Waals surface area contributed by atoms with Crippen molar-refractivity contribution in [1.82, 2.24) is 34.0 Å². The summed E-state index contributed by atoms with van der Waals surface area (Å²) in [5, 5.41) is 17.3. The van der Waals surface area contributed by atoms with Gasteiger partial charge in [-0.2, -0.15) is 22.7 Å². The van der Waals surface area contributed by atoms with Crippen molar-refractivity contribution in [3.63, 3.8) is 0 Å². The van der Waals surface area contributed by atoms with E-state index in [0.29, 0.717) is 30.9 Å². The molecule has 5 aromatic rings. The van der Waals surface area contributed by atoms with Gasteiger partial charge in [0.1, 0.15) is 24.2 Å². The standard InChI is InChI=1S/C37H37ClF3N9O6/c1-4-27-30(47-12-14-48(15-13-47)33(53)29-31(52)21(2)42-20-43-29)34(54)50-35(49(27)18-28(51)44-26-10-9-24(17-25(26)38)37(39,40)41)45-32(46-50)22-5-7-23(8-6-22)36(55-3)11-16-56-19-36/h5-10,17,20,52H,4,11-16,18-19H2,1-3H3,(H,44,51). The van der Waals surface area contributed by atoms with Crippen LogP contribution >= 0.6 is 11.6 Å². The van der Waals surface area contributed by atoms with Crippen LogP contribution in [0.3, 0.4) is 0 Å². The Balaban J connectivity index is 1.25. The van der Waals surface area contributed by atoms with E-state index in [4.69, 9.17) is 26.1 Å². The molecule has 0 aliphatic carbocycles. The highest BCUT2D eigenvalue weighted by Crippen LogP contribution is 2.36. The van der Waals surface area contributed by atoms with Crippen LogP contribution in [0.4, 0.5) is 24.5 Å². The van der Waals surface area contributed by atoms with Gasteiger partial charge in [0.15, 0.2) is 17.3 Å². The Labute approximate surface area is 322 Å². The van der Waals surface area contributed by atoms with Gasteiger partial charge in [0, 0.05) is 51.9 Å². The van der Waals surface area contributed by atoms with E-state index in [0.717, 1.165) is 28.3 Å². The lowest BCUT2D eigenvalue weighted by atomic mass is 9.92. The van der Waals surface area contributed by atoms with Crippen LogP contribution in [0.25, 0.3) is 17.2 Å². The molecule has 7 rings (SSSR count). The lowest BCUT2D eigenvalue weighted by Gasteiger charge is -2.36. The molecule has 2 aromatic carbocycles. The van der Waals surface area contributed by atoms with Crippen molar-refractivity contribution >= 4 is 40.6 Å². The summed E-state index contributed by atoms with van der Waals surface area (Å²) in [5.74, 6) is -1.18. The largest absolute Gasteiger partial charge is 0.504 e. The van der Waals surface area contributed by atoms with Crippen LogP contribution in [0.15, 0.2) is 53.6 Å². The Morgan fingerprint density at radius 1 is 1.09 bits per heavy atom. The van der Waals surface area contributed by atoms with Gasteiger partial charge >= 0.3 is 6.18 Å². The molecule has 0 radical (unpaired) electrons. The molecule has 2 fully saturated rings. The number of hydrogen-bond acceptors (Lipinski definition) is 11. The van der Waals surface area contributed by atoms with Gasteiger partial charge in [-0.05, 0) is 37.1 Å². The number of fused-ring (bicyclic) bond motifs is 1. The summed E-state index contributed by atoms with van der Waals surface area (Å²) >= 11 is 6.16. The molecule has 1 atom stereocenters. The zero-order valence-corrected chi connectivity index (χ0v) is 31.3. The number of carbonyl (C=O) groups excluding carboxylic acids is 2. The fourth-order valence-corrected chi connectivity index (χ4v) is 7.29. The first kappa shape index (κ1) is 38.7. The third-order valence-electron chi connectivity index (χ3n) is 10.2. The SMILES string of the molecule is CCc1c(N2CCN(C(=O)c3ncnc(C)c3O)CC2)c(=O)n2nc(-c3ccc(C4(OC)CCOC4)cc3)nc2n1CC(=O)Nc1ccc(C(F)(F)F)cc1Cl. The van der Waals surface area contributed by atoms with Crippen molar-refractivity contribution in [3.05, 3.63) is 92.4 Å². The minimum Gasteiger partial charge on any atom is -0.504 e. The first-order chi connectivity index (χ1) is 26.7. The molecule has 2 aliphatic heterocycles. The predicted molar refractivity (Wildman–Crippen MR) is 198 cm³/mol. The number of aromatic hydroxyl groups is 1. The lowest BCUT2D eigenvalue weighted by molar-refractivity contribution is -0.137. The number of amides is 2. The van der Waals surface area contributed by atoms with E-state index in [2.05, 4.69) is 20.4 Å². The molecule has 0 spiro atoms. The number of carbonyl (C=O) groups is 2. The quantitative estimate of drug-likeness (QED) is 0.216. The fourth-order valence-electron chi connectivity index (χ4n) is 7.06. The van der Waals surface area contributed by atoms with Gasteiger partial charge in [-0.25, -0.2) is 9.97 Å². The first-order valence-corrected chi connectivity index (χ1v) is 18.1. The maximum atomic E-state index is 14.4. The Hall–Kier alpha value is -5.59. The molecule has 1 unspecified atom stereocenters. The summed E-state index contributed by atoms with van der Waals surface area (Å²) in [4.78, 5) is 57.3. The number of ether oxygens (including phenoxy) is 2. The number of alkyl halides is 3. The van der Waals surface area contributed by atoms with Crippen molar-refractivity contribution in [2.75, 3.05) is 56.7 Å². The van der Waals surface area contributed by atoms with Crippen LogP contribution in [0.5, 0.6) is 5.75 Å². The number of hydrogen-bond donors (Lipinski definition) is 2. The van der Waals surface area contributed by atoms with E-state index >= 15 is 0 Å². The molecule has 3 aromatic heterocycles. The van der Waals surface area contributed by atoms with Gasteiger partial charge in [0.05, 0.1) is 34.3 Å². The first-order valence-electron chi connectivity index (χ1n) is 17.7. The molecule has 56 heavy (non-hydrogen) atoms. The second kappa shape index (κ2) is 15.2. The minimum atomic E-state index is -4.63. The normalized spacial score (nSPS) is 17.5.